The van der Waals surface area contributed by atoms with Crippen LogP contribution in [0.5, 0.6) is 0 Å². The molecule has 1 aliphatic heterocycles. The summed E-state index contributed by atoms with van der Waals surface area (Å²) >= 11 is 0. The number of rotatable bonds is 2. The van der Waals surface area contributed by atoms with E-state index in [4.69, 9.17) is 5.73 Å². The highest BCUT2D eigenvalue weighted by Crippen LogP contribution is 2.21. The van der Waals surface area contributed by atoms with E-state index in [0.717, 1.165) is 36.6 Å². The zero-order valence-corrected chi connectivity index (χ0v) is 11.4. The summed E-state index contributed by atoms with van der Waals surface area (Å²) in [6.07, 6.45) is 1.92. The minimum Gasteiger partial charge on any atom is -0.378 e. The van der Waals surface area contributed by atoms with Crippen molar-refractivity contribution in [1.29, 1.82) is 0 Å². The third-order valence-corrected chi connectivity index (χ3v) is 3.54. The Hall–Kier alpha value is -1.88. The zero-order chi connectivity index (χ0) is 13.4. The molecular weight excluding hydrogens is 238 g/mol. The highest BCUT2D eigenvalue weighted by molar-refractivity contribution is 5.60. The maximum atomic E-state index is 5.96. The van der Waals surface area contributed by atoms with E-state index in [2.05, 4.69) is 39.2 Å². The molecule has 0 spiro atoms. The summed E-state index contributed by atoms with van der Waals surface area (Å²) < 4.78 is 1.95. The second kappa shape index (κ2) is 4.66. The van der Waals surface area contributed by atoms with Crippen LogP contribution in [0.1, 0.15) is 12.2 Å². The number of benzene rings is 1. The van der Waals surface area contributed by atoms with Crippen LogP contribution in [0, 0.1) is 0 Å². The maximum absolute atomic E-state index is 5.96. The van der Waals surface area contributed by atoms with Crippen LogP contribution in [-0.2, 0) is 13.0 Å². The minimum absolute atomic E-state index is 0.207. The Morgan fingerprint density at radius 1 is 1.26 bits per heavy atom. The molecule has 0 radical (unpaired) electrons. The summed E-state index contributed by atoms with van der Waals surface area (Å²) in [7, 11) is 4.06. The van der Waals surface area contributed by atoms with Crippen molar-refractivity contribution >= 4 is 5.69 Å². The largest absolute Gasteiger partial charge is 0.378 e. The van der Waals surface area contributed by atoms with Gasteiger partial charge in [-0.25, -0.2) is 9.67 Å². The summed E-state index contributed by atoms with van der Waals surface area (Å²) in [4.78, 5) is 6.69. The van der Waals surface area contributed by atoms with E-state index in [1.807, 2.05) is 18.8 Å². The molecule has 0 aliphatic carbocycles. The number of nitrogens with zero attached hydrogens (tertiary/aromatic N) is 4. The summed E-state index contributed by atoms with van der Waals surface area (Å²) in [5.41, 5.74) is 8.19. The topological polar surface area (TPSA) is 60.0 Å². The first-order valence-corrected chi connectivity index (χ1v) is 6.60. The van der Waals surface area contributed by atoms with Crippen molar-refractivity contribution in [2.75, 3.05) is 19.0 Å². The predicted octanol–water partition coefficient (Wildman–Crippen LogP) is 1.28. The Balaban J connectivity index is 1.90. The fourth-order valence-electron chi connectivity index (χ4n) is 2.36. The molecule has 19 heavy (non-hydrogen) atoms. The molecule has 0 saturated heterocycles. The third kappa shape index (κ3) is 2.33. The van der Waals surface area contributed by atoms with Crippen LogP contribution in [0.4, 0.5) is 5.69 Å². The Morgan fingerprint density at radius 2 is 2.00 bits per heavy atom. The number of hydrogen-bond acceptors (Lipinski definition) is 4. The van der Waals surface area contributed by atoms with E-state index in [9.17, 15) is 0 Å². The fourth-order valence-corrected chi connectivity index (χ4v) is 2.36. The van der Waals surface area contributed by atoms with Gasteiger partial charge in [-0.2, -0.15) is 5.10 Å². The van der Waals surface area contributed by atoms with Gasteiger partial charge < -0.3 is 10.6 Å². The molecule has 5 heteroatoms. The lowest BCUT2D eigenvalue weighted by Gasteiger charge is -2.17. The molecule has 1 unspecified atom stereocenters. The number of nitrogens with two attached hydrogens (primary N) is 1. The Kier molecular flexibility index (Phi) is 2.98. The molecule has 0 amide bonds. The van der Waals surface area contributed by atoms with Crippen LogP contribution in [0.2, 0.25) is 0 Å². The standard InChI is InChI=1S/C14H19N5/c1-18(2)12-6-3-10(4-7-12)14-16-13-8-5-11(15)9-19(13)17-14/h3-4,6-7,11H,5,8-9,15H2,1-2H3. The molecule has 1 aromatic heterocycles. The van der Waals surface area contributed by atoms with Gasteiger partial charge in [0.1, 0.15) is 5.82 Å². The quantitative estimate of drug-likeness (QED) is 0.880. The second-order valence-corrected chi connectivity index (χ2v) is 5.27. The molecule has 0 fully saturated rings. The van der Waals surface area contributed by atoms with Crippen molar-refractivity contribution in [3.63, 3.8) is 0 Å². The molecule has 1 aromatic carbocycles. The molecule has 3 rings (SSSR count). The number of fused-ring (bicyclic) bond motifs is 1. The van der Waals surface area contributed by atoms with Gasteiger partial charge in [-0.05, 0) is 30.7 Å². The average Bonchev–Trinajstić information content (AvgIpc) is 2.81. The molecule has 2 N–H and O–H groups in total. The predicted molar refractivity (Wildman–Crippen MR) is 76.1 cm³/mol. The van der Waals surface area contributed by atoms with Crippen LogP contribution in [-0.4, -0.2) is 34.9 Å². The van der Waals surface area contributed by atoms with Crippen LogP contribution in [0.25, 0.3) is 11.4 Å². The smallest absolute Gasteiger partial charge is 0.181 e. The van der Waals surface area contributed by atoms with Gasteiger partial charge in [0.15, 0.2) is 5.82 Å². The number of aryl methyl sites for hydroxylation is 1. The monoisotopic (exact) mass is 257 g/mol. The summed E-state index contributed by atoms with van der Waals surface area (Å²) in [5, 5.41) is 4.56. The number of hydrogen-bond donors (Lipinski definition) is 1. The normalized spacial score (nSPS) is 18.2. The van der Waals surface area contributed by atoms with E-state index in [1.165, 1.54) is 5.69 Å². The van der Waals surface area contributed by atoms with Gasteiger partial charge in [0.05, 0.1) is 6.54 Å². The van der Waals surface area contributed by atoms with Crippen LogP contribution < -0.4 is 10.6 Å². The first-order chi connectivity index (χ1) is 9.13. The first-order valence-electron chi connectivity index (χ1n) is 6.60. The van der Waals surface area contributed by atoms with Gasteiger partial charge in [-0.15, -0.1) is 0 Å². The molecule has 1 aliphatic rings. The zero-order valence-electron chi connectivity index (χ0n) is 11.4. The lowest BCUT2D eigenvalue weighted by atomic mass is 10.1. The SMILES string of the molecule is CN(C)c1ccc(-c2nc3n(n2)CC(N)CC3)cc1. The van der Waals surface area contributed by atoms with Crippen molar-refractivity contribution in [1.82, 2.24) is 14.8 Å². The Labute approximate surface area is 113 Å². The van der Waals surface area contributed by atoms with Crippen molar-refractivity contribution in [3.8, 4) is 11.4 Å². The van der Waals surface area contributed by atoms with E-state index < -0.39 is 0 Å². The lowest BCUT2D eigenvalue weighted by Crippen LogP contribution is -2.32. The van der Waals surface area contributed by atoms with Crippen molar-refractivity contribution in [2.24, 2.45) is 5.73 Å². The Morgan fingerprint density at radius 3 is 2.68 bits per heavy atom. The summed E-state index contributed by atoms with van der Waals surface area (Å²) in [5.74, 6) is 1.85. The van der Waals surface area contributed by atoms with Crippen LogP contribution in [0.15, 0.2) is 24.3 Å². The van der Waals surface area contributed by atoms with Crippen molar-refractivity contribution in [2.45, 2.75) is 25.4 Å². The Bertz CT molecular complexity index is 570. The molecule has 5 nitrogen and oxygen atoms in total. The van der Waals surface area contributed by atoms with Gasteiger partial charge in [-0.1, -0.05) is 0 Å². The van der Waals surface area contributed by atoms with Gasteiger partial charge in [0.25, 0.3) is 0 Å². The molecular formula is C14H19N5. The number of aromatic nitrogens is 3. The average molecular weight is 257 g/mol. The van der Waals surface area contributed by atoms with Crippen molar-refractivity contribution in [3.05, 3.63) is 30.1 Å². The number of anilines is 1. The van der Waals surface area contributed by atoms with E-state index >= 15 is 0 Å². The molecule has 2 aromatic rings. The highest BCUT2D eigenvalue weighted by Gasteiger charge is 2.19. The highest BCUT2D eigenvalue weighted by atomic mass is 15.4. The van der Waals surface area contributed by atoms with E-state index in [-0.39, 0.29) is 6.04 Å². The summed E-state index contributed by atoms with van der Waals surface area (Å²) in [6.45, 7) is 0.776. The van der Waals surface area contributed by atoms with Gasteiger partial charge in [0.2, 0.25) is 0 Å². The summed E-state index contributed by atoms with van der Waals surface area (Å²) in [6, 6.07) is 8.51. The molecule has 100 valence electrons. The third-order valence-electron chi connectivity index (χ3n) is 3.54. The lowest BCUT2D eigenvalue weighted by molar-refractivity contribution is 0.422. The maximum Gasteiger partial charge on any atom is 0.181 e. The minimum atomic E-state index is 0.207. The molecule has 1 atom stereocenters. The van der Waals surface area contributed by atoms with E-state index in [0.29, 0.717) is 0 Å². The van der Waals surface area contributed by atoms with E-state index in [1.54, 1.807) is 0 Å². The fraction of sp³-hybridized carbons (Fsp3) is 0.429. The van der Waals surface area contributed by atoms with Crippen LogP contribution in [0.3, 0.4) is 0 Å². The van der Waals surface area contributed by atoms with Crippen LogP contribution >= 0.6 is 0 Å². The molecule has 2 heterocycles. The first kappa shape index (κ1) is 12.2. The van der Waals surface area contributed by atoms with Crippen molar-refractivity contribution < 1.29 is 0 Å². The second-order valence-electron chi connectivity index (χ2n) is 5.27. The molecule has 0 bridgehead atoms. The van der Waals surface area contributed by atoms with Gasteiger partial charge in [0, 0.05) is 37.8 Å². The van der Waals surface area contributed by atoms with Gasteiger partial charge >= 0.3 is 0 Å². The molecule has 0 saturated carbocycles. The van der Waals surface area contributed by atoms with Gasteiger partial charge in [-0.3, -0.25) is 0 Å².